The molecule has 0 spiro atoms. The van der Waals surface area contributed by atoms with Crippen LogP contribution in [0.2, 0.25) is 0 Å². The Bertz CT molecular complexity index is 1770. The number of aliphatic imine (C=N–C) groups is 1. The predicted molar refractivity (Wildman–Crippen MR) is 182 cm³/mol. The van der Waals surface area contributed by atoms with E-state index in [0.717, 1.165) is 23.3 Å². The summed E-state index contributed by atoms with van der Waals surface area (Å²) >= 11 is 0. The van der Waals surface area contributed by atoms with Gasteiger partial charge in [0.15, 0.2) is 23.3 Å². The third-order valence-electron chi connectivity index (χ3n) is 7.92. The molecule has 49 heavy (non-hydrogen) atoms. The van der Waals surface area contributed by atoms with Crippen molar-refractivity contribution in [1.82, 2.24) is 5.32 Å². The molecule has 0 bridgehead atoms. The lowest BCUT2D eigenvalue weighted by atomic mass is 9.83. The molecule has 5 rings (SSSR count). The van der Waals surface area contributed by atoms with Crippen molar-refractivity contribution in [2.75, 3.05) is 13.2 Å². The molecular formula is C39H40F2N2O6. The van der Waals surface area contributed by atoms with Crippen molar-refractivity contribution in [1.29, 1.82) is 0 Å². The number of benzene rings is 4. The monoisotopic (exact) mass is 670 g/mol. The van der Waals surface area contributed by atoms with Crippen molar-refractivity contribution in [3.63, 3.8) is 0 Å². The number of ether oxygens (including phenoxy) is 3. The first-order valence-electron chi connectivity index (χ1n) is 16.2. The third-order valence-corrected chi connectivity index (χ3v) is 7.92. The topological polar surface area (TPSA) is 106 Å². The average Bonchev–Trinajstić information content (AvgIpc) is 3.49. The van der Waals surface area contributed by atoms with Gasteiger partial charge in [0.25, 0.3) is 5.91 Å². The van der Waals surface area contributed by atoms with E-state index in [-0.39, 0.29) is 31.9 Å². The number of nitrogens with zero attached hydrogens (tertiary/aromatic N) is 1. The summed E-state index contributed by atoms with van der Waals surface area (Å²) < 4.78 is 45.4. The van der Waals surface area contributed by atoms with E-state index in [2.05, 4.69) is 5.32 Å². The van der Waals surface area contributed by atoms with Crippen LogP contribution in [0, 0.1) is 11.6 Å². The maximum Gasteiger partial charge on any atom is 0.306 e. The van der Waals surface area contributed by atoms with Gasteiger partial charge in [0.05, 0.1) is 6.61 Å². The number of hydrogen-bond donors (Lipinski definition) is 2. The molecule has 2 N–H and O–H groups in total. The summed E-state index contributed by atoms with van der Waals surface area (Å²) in [5, 5.41) is 11.9. The number of hydrogen-bond acceptors (Lipinski definition) is 7. The Morgan fingerprint density at radius 1 is 0.898 bits per heavy atom. The number of esters is 1. The van der Waals surface area contributed by atoms with Crippen molar-refractivity contribution in [2.24, 2.45) is 4.99 Å². The van der Waals surface area contributed by atoms with Crippen molar-refractivity contribution in [3.8, 4) is 16.9 Å². The Balaban J connectivity index is 1.53. The zero-order chi connectivity index (χ0) is 35.0. The number of aliphatic hydroxyl groups excluding tert-OH is 1. The fourth-order valence-corrected chi connectivity index (χ4v) is 5.52. The van der Waals surface area contributed by atoms with E-state index in [9.17, 15) is 18.4 Å². The maximum atomic E-state index is 14.4. The molecule has 1 aliphatic rings. The minimum atomic E-state index is -1.64. The standard InChI is InChI=1S/C39H40F2N2O6/c1-38(2,3)49-34(45)20-21-39(37(46)42-25-26-10-19-32(40)33(41)24-26)35(29-13-11-28(12-14-29)27-8-5-4-6-9-27)48-36(43-39)30-15-17-31(18-16-30)47-23-7-22-44/h4-6,8-19,24,35,44H,7,20-23,25H2,1-3H3,(H,42,46)/t35-,39-/m1/s1. The van der Waals surface area contributed by atoms with E-state index in [1.54, 1.807) is 45.0 Å². The van der Waals surface area contributed by atoms with Gasteiger partial charge in [-0.15, -0.1) is 0 Å². The van der Waals surface area contributed by atoms with Gasteiger partial charge in [-0.1, -0.05) is 60.7 Å². The molecule has 0 unspecified atom stereocenters. The van der Waals surface area contributed by atoms with Crippen molar-refractivity contribution >= 4 is 17.8 Å². The van der Waals surface area contributed by atoms with Crippen LogP contribution >= 0.6 is 0 Å². The summed E-state index contributed by atoms with van der Waals surface area (Å²) in [5.74, 6) is -2.32. The maximum absolute atomic E-state index is 14.4. The zero-order valence-corrected chi connectivity index (χ0v) is 27.7. The van der Waals surface area contributed by atoms with Gasteiger partial charge in [0.1, 0.15) is 11.4 Å². The number of carbonyl (C=O) groups excluding carboxylic acids is 2. The van der Waals surface area contributed by atoms with Crippen LogP contribution in [0.5, 0.6) is 5.75 Å². The summed E-state index contributed by atoms with van der Waals surface area (Å²) in [6.45, 7) is 5.53. The Morgan fingerprint density at radius 2 is 1.57 bits per heavy atom. The fourth-order valence-electron chi connectivity index (χ4n) is 5.52. The van der Waals surface area contributed by atoms with Gasteiger partial charge in [-0.3, -0.25) is 9.59 Å². The highest BCUT2D eigenvalue weighted by Gasteiger charge is 2.53. The second-order valence-corrected chi connectivity index (χ2v) is 12.8. The van der Waals surface area contributed by atoms with Crippen LogP contribution in [0.15, 0.2) is 102 Å². The minimum Gasteiger partial charge on any atom is -0.494 e. The third kappa shape index (κ3) is 8.88. The molecular weight excluding hydrogens is 630 g/mol. The van der Waals surface area contributed by atoms with E-state index >= 15 is 0 Å². The molecule has 4 aromatic rings. The van der Waals surface area contributed by atoms with E-state index in [1.165, 1.54) is 6.07 Å². The first-order chi connectivity index (χ1) is 23.5. The Morgan fingerprint density at radius 3 is 2.22 bits per heavy atom. The minimum absolute atomic E-state index is 0.0139. The van der Waals surface area contributed by atoms with Crippen molar-refractivity contribution < 1.29 is 37.7 Å². The summed E-state index contributed by atoms with van der Waals surface area (Å²) in [7, 11) is 0. The molecule has 0 radical (unpaired) electrons. The lowest BCUT2D eigenvalue weighted by Gasteiger charge is -2.31. The highest BCUT2D eigenvalue weighted by molar-refractivity contribution is 6.01. The molecule has 8 nitrogen and oxygen atoms in total. The zero-order valence-electron chi connectivity index (χ0n) is 27.7. The van der Waals surface area contributed by atoms with E-state index < -0.39 is 40.8 Å². The summed E-state index contributed by atoms with van der Waals surface area (Å²) in [4.78, 5) is 32.3. The molecule has 2 atom stereocenters. The smallest absolute Gasteiger partial charge is 0.306 e. The van der Waals surface area contributed by atoms with Crippen molar-refractivity contribution in [2.45, 2.75) is 63.8 Å². The predicted octanol–water partition coefficient (Wildman–Crippen LogP) is 7.09. The van der Waals surface area contributed by atoms with Gasteiger partial charge in [-0.05, 0) is 85.8 Å². The van der Waals surface area contributed by atoms with Crippen LogP contribution in [0.1, 0.15) is 62.8 Å². The highest BCUT2D eigenvalue weighted by Crippen LogP contribution is 2.44. The van der Waals surface area contributed by atoms with E-state index in [1.807, 2.05) is 54.6 Å². The summed E-state index contributed by atoms with van der Waals surface area (Å²) in [5.41, 5.74) is 1.16. The Kier molecular flexibility index (Phi) is 11.1. The van der Waals surface area contributed by atoms with Crippen LogP contribution in [0.4, 0.5) is 8.78 Å². The molecule has 10 heteroatoms. The van der Waals surface area contributed by atoms with Gasteiger partial charge in [-0.25, -0.2) is 13.8 Å². The Labute approximate surface area is 284 Å². The van der Waals surface area contributed by atoms with E-state index in [0.29, 0.717) is 35.5 Å². The first kappa shape index (κ1) is 35.2. The molecule has 1 heterocycles. The van der Waals surface area contributed by atoms with E-state index in [4.69, 9.17) is 24.3 Å². The number of rotatable bonds is 13. The first-order valence-corrected chi connectivity index (χ1v) is 16.2. The average molecular weight is 671 g/mol. The molecule has 0 saturated carbocycles. The van der Waals surface area contributed by atoms with Crippen LogP contribution in [-0.2, 0) is 25.6 Å². The van der Waals surface area contributed by atoms with Gasteiger partial charge in [-0.2, -0.15) is 0 Å². The second kappa shape index (κ2) is 15.4. The highest BCUT2D eigenvalue weighted by atomic mass is 19.2. The van der Waals surface area contributed by atoms with Crippen molar-refractivity contribution in [3.05, 3.63) is 125 Å². The van der Waals surface area contributed by atoms with Gasteiger partial charge >= 0.3 is 5.97 Å². The number of halogens is 2. The summed E-state index contributed by atoms with van der Waals surface area (Å²) in [6, 6.07) is 27.8. The molecule has 0 aromatic heterocycles. The van der Waals surface area contributed by atoms with Crippen LogP contribution in [0.25, 0.3) is 11.1 Å². The molecule has 0 fully saturated rings. The molecule has 1 amide bonds. The van der Waals surface area contributed by atoms with Crippen LogP contribution < -0.4 is 10.1 Å². The lowest BCUT2D eigenvalue weighted by Crippen LogP contribution is -2.48. The molecule has 1 aliphatic heterocycles. The number of aliphatic hydroxyl groups is 1. The molecule has 0 aliphatic carbocycles. The second-order valence-electron chi connectivity index (χ2n) is 12.8. The quantitative estimate of drug-likeness (QED) is 0.116. The fraction of sp³-hybridized carbons (Fsp3) is 0.308. The lowest BCUT2D eigenvalue weighted by molar-refractivity contribution is -0.155. The number of carbonyl (C=O) groups is 2. The number of nitrogens with one attached hydrogen (secondary N) is 1. The van der Waals surface area contributed by atoms with Gasteiger partial charge in [0.2, 0.25) is 5.90 Å². The summed E-state index contributed by atoms with van der Waals surface area (Å²) in [6.07, 6.45) is -0.683. The molecule has 4 aromatic carbocycles. The number of amides is 1. The van der Waals surface area contributed by atoms with Crippen LogP contribution in [0.3, 0.4) is 0 Å². The molecule has 0 saturated heterocycles. The van der Waals surface area contributed by atoms with Gasteiger partial charge < -0.3 is 24.6 Å². The largest absolute Gasteiger partial charge is 0.494 e. The van der Waals surface area contributed by atoms with Gasteiger partial charge in [0, 0.05) is 31.6 Å². The normalized spacial score (nSPS) is 17.2. The Hall–Kier alpha value is -5.09. The molecule has 256 valence electrons. The SMILES string of the molecule is CC(C)(C)OC(=O)CC[C@@]1(C(=O)NCc2ccc(F)c(F)c2)N=C(c2ccc(OCCCO)cc2)O[C@@H]1c1ccc(-c2ccccc2)cc1. The van der Waals surface area contributed by atoms with Crippen LogP contribution in [-0.4, -0.2) is 47.2 Å².